The Balaban J connectivity index is 1.69. The third-order valence-corrected chi connectivity index (χ3v) is 5.08. The molecule has 0 bridgehead atoms. The summed E-state index contributed by atoms with van der Waals surface area (Å²) in [6.45, 7) is 5.45. The van der Waals surface area contributed by atoms with E-state index < -0.39 is 23.3 Å². The monoisotopic (exact) mass is 380 g/mol. The van der Waals surface area contributed by atoms with Gasteiger partial charge in [-0.2, -0.15) is 0 Å². The maximum Gasteiger partial charge on any atom is 0.325 e. The van der Waals surface area contributed by atoms with E-state index in [0.717, 1.165) is 29.5 Å². The van der Waals surface area contributed by atoms with Crippen molar-refractivity contribution in [3.8, 4) is 0 Å². The molecule has 2 aromatic rings. The lowest BCUT2D eigenvalue weighted by Gasteiger charge is -2.17. The molecule has 1 aliphatic carbocycles. The number of nitrogens with one attached hydrogen (secondary N) is 2. The Bertz CT molecular complexity index is 910. The van der Waals surface area contributed by atoms with E-state index in [0.29, 0.717) is 11.3 Å². The molecule has 0 saturated heterocycles. The van der Waals surface area contributed by atoms with Crippen LogP contribution < -0.4 is 10.6 Å². The number of carboxylic acids is 1. The van der Waals surface area contributed by atoms with Crippen LogP contribution in [0.3, 0.4) is 0 Å². The summed E-state index contributed by atoms with van der Waals surface area (Å²) in [5, 5.41) is 14.2. The predicted molar refractivity (Wildman–Crippen MR) is 106 cm³/mol. The number of anilines is 1. The van der Waals surface area contributed by atoms with E-state index in [1.165, 1.54) is 6.92 Å². The maximum atomic E-state index is 12.9. The van der Waals surface area contributed by atoms with Gasteiger partial charge in [-0.25, -0.2) is 0 Å². The van der Waals surface area contributed by atoms with Crippen LogP contribution in [0.1, 0.15) is 46.8 Å². The molecule has 1 atom stereocenters. The highest BCUT2D eigenvalue weighted by molar-refractivity contribution is 6.02. The minimum Gasteiger partial charge on any atom is -0.480 e. The lowest BCUT2D eigenvalue weighted by Crippen LogP contribution is -2.38. The van der Waals surface area contributed by atoms with Gasteiger partial charge in [0.15, 0.2) is 0 Å². The Morgan fingerprint density at radius 1 is 1.00 bits per heavy atom. The molecule has 1 aliphatic rings. The first kappa shape index (κ1) is 19.6. The number of aryl methyl sites for hydroxylation is 2. The van der Waals surface area contributed by atoms with Gasteiger partial charge in [-0.05, 0) is 63.4 Å². The van der Waals surface area contributed by atoms with Gasteiger partial charge < -0.3 is 15.7 Å². The Morgan fingerprint density at radius 3 is 2.07 bits per heavy atom. The molecule has 6 nitrogen and oxygen atoms in total. The molecular formula is C22H24N2O4. The fraction of sp³-hybridized carbons (Fsp3) is 0.318. The van der Waals surface area contributed by atoms with Crippen LogP contribution in [0.15, 0.2) is 42.5 Å². The Morgan fingerprint density at radius 2 is 1.57 bits per heavy atom. The molecule has 3 rings (SSSR count). The second-order valence-corrected chi connectivity index (χ2v) is 7.52. The first-order valence-corrected chi connectivity index (χ1v) is 9.25. The van der Waals surface area contributed by atoms with Crippen LogP contribution in [0.2, 0.25) is 0 Å². The zero-order valence-corrected chi connectivity index (χ0v) is 16.2. The SMILES string of the molecule is Cc1cc(C)cc(C2(C(=O)Nc3ccc(C(=O)NC(C)C(=O)O)cc3)CC2)c1. The molecule has 0 spiro atoms. The molecule has 1 fully saturated rings. The molecule has 0 aromatic heterocycles. The number of rotatable bonds is 6. The Hall–Kier alpha value is -3.15. The van der Waals surface area contributed by atoms with Gasteiger partial charge in [-0.3, -0.25) is 14.4 Å². The zero-order chi connectivity index (χ0) is 20.5. The standard InChI is InChI=1S/C22H24N2O4/c1-13-10-14(2)12-17(11-13)22(8-9-22)21(28)24-18-6-4-16(5-7-18)19(25)23-15(3)20(26)27/h4-7,10-12,15H,8-9H2,1-3H3,(H,23,25)(H,24,28)(H,26,27). The Labute approximate surface area is 164 Å². The molecule has 1 unspecified atom stereocenters. The second kappa shape index (κ2) is 7.46. The summed E-state index contributed by atoms with van der Waals surface area (Å²) in [4.78, 5) is 35.8. The summed E-state index contributed by atoms with van der Waals surface area (Å²) in [5.41, 5.74) is 3.77. The number of carboxylic acid groups (broad SMARTS) is 1. The summed E-state index contributed by atoms with van der Waals surface area (Å²) in [7, 11) is 0. The van der Waals surface area contributed by atoms with Crippen molar-refractivity contribution >= 4 is 23.5 Å². The van der Waals surface area contributed by atoms with E-state index in [2.05, 4.69) is 28.8 Å². The number of benzene rings is 2. The third kappa shape index (κ3) is 4.06. The number of aliphatic carboxylic acids is 1. The number of hydrogen-bond acceptors (Lipinski definition) is 3. The van der Waals surface area contributed by atoms with Gasteiger partial charge in [0, 0.05) is 11.3 Å². The van der Waals surface area contributed by atoms with E-state index >= 15 is 0 Å². The van der Waals surface area contributed by atoms with Crippen LogP contribution in [0, 0.1) is 13.8 Å². The van der Waals surface area contributed by atoms with Crippen molar-refractivity contribution in [2.24, 2.45) is 0 Å². The maximum absolute atomic E-state index is 12.9. The molecule has 1 saturated carbocycles. The summed E-state index contributed by atoms with van der Waals surface area (Å²) >= 11 is 0. The number of carbonyl (C=O) groups is 3. The number of amides is 2. The van der Waals surface area contributed by atoms with Crippen molar-refractivity contribution in [2.75, 3.05) is 5.32 Å². The fourth-order valence-electron chi connectivity index (χ4n) is 3.32. The van der Waals surface area contributed by atoms with E-state index in [1.807, 2.05) is 13.8 Å². The Kier molecular flexibility index (Phi) is 5.23. The smallest absolute Gasteiger partial charge is 0.325 e. The number of hydrogen-bond donors (Lipinski definition) is 3. The van der Waals surface area contributed by atoms with Crippen LogP contribution >= 0.6 is 0 Å². The molecule has 2 aromatic carbocycles. The summed E-state index contributed by atoms with van der Waals surface area (Å²) in [6, 6.07) is 11.7. The van der Waals surface area contributed by atoms with Crippen LogP contribution in [-0.4, -0.2) is 28.9 Å². The molecule has 0 aliphatic heterocycles. The van der Waals surface area contributed by atoms with Crippen LogP contribution in [0.25, 0.3) is 0 Å². The van der Waals surface area contributed by atoms with Gasteiger partial charge in [-0.15, -0.1) is 0 Å². The lowest BCUT2D eigenvalue weighted by molar-refractivity contribution is -0.138. The quantitative estimate of drug-likeness (QED) is 0.717. The highest BCUT2D eigenvalue weighted by Gasteiger charge is 2.51. The van der Waals surface area contributed by atoms with Crippen molar-refractivity contribution in [1.29, 1.82) is 0 Å². The molecule has 3 N–H and O–H groups in total. The molecule has 28 heavy (non-hydrogen) atoms. The van der Waals surface area contributed by atoms with Gasteiger partial charge in [0.1, 0.15) is 6.04 Å². The second-order valence-electron chi connectivity index (χ2n) is 7.52. The van der Waals surface area contributed by atoms with Gasteiger partial charge in [0.05, 0.1) is 5.41 Å². The minimum atomic E-state index is -1.10. The first-order valence-electron chi connectivity index (χ1n) is 9.25. The van der Waals surface area contributed by atoms with Gasteiger partial charge in [-0.1, -0.05) is 29.3 Å². The van der Waals surface area contributed by atoms with Gasteiger partial charge in [0.25, 0.3) is 5.91 Å². The molecule has 2 amide bonds. The van der Waals surface area contributed by atoms with Crippen LogP contribution in [-0.2, 0) is 15.0 Å². The largest absolute Gasteiger partial charge is 0.480 e. The summed E-state index contributed by atoms with van der Waals surface area (Å²) in [5.74, 6) is -1.62. The highest BCUT2D eigenvalue weighted by Crippen LogP contribution is 2.49. The van der Waals surface area contributed by atoms with Gasteiger partial charge in [0.2, 0.25) is 5.91 Å². The topological polar surface area (TPSA) is 95.5 Å². The zero-order valence-electron chi connectivity index (χ0n) is 16.2. The van der Waals surface area contributed by atoms with E-state index in [-0.39, 0.29) is 5.91 Å². The molecule has 0 radical (unpaired) electrons. The lowest BCUT2D eigenvalue weighted by atomic mass is 9.92. The molecular weight excluding hydrogens is 356 g/mol. The third-order valence-electron chi connectivity index (χ3n) is 5.08. The fourth-order valence-corrected chi connectivity index (χ4v) is 3.32. The van der Waals surface area contributed by atoms with Crippen molar-refractivity contribution in [1.82, 2.24) is 5.32 Å². The summed E-state index contributed by atoms with van der Waals surface area (Å²) in [6.07, 6.45) is 1.63. The molecule has 0 heterocycles. The first-order chi connectivity index (χ1) is 13.2. The summed E-state index contributed by atoms with van der Waals surface area (Å²) < 4.78 is 0. The van der Waals surface area contributed by atoms with E-state index in [4.69, 9.17) is 5.11 Å². The average Bonchev–Trinajstić information content (AvgIpc) is 3.43. The van der Waals surface area contributed by atoms with E-state index in [9.17, 15) is 14.4 Å². The van der Waals surface area contributed by atoms with Crippen LogP contribution in [0.4, 0.5) is 5.69 Å². The average molecular weight is 380 g/mol. The van der Waals surface area contributed by atoms with E-state index in [1.54, 1.807) is 24.3 Å². The van der Waals surface area contributed by atoms with Crippen molar-refractivity contribution in [2.45, 2.75) is 45.1 Å². The predicted octanol–water partition coefficient (Wildman–Crippen LogP) is 3.18. The number of carbonyl (C=O) groups excluding carboxylic acids is 2. The van der Waals surface area contributed by atoms with Crippen LogP contribution in [0.5, 0.6) is 0 Å². The normalized spacial score (nSPS) is 15.4. The minimum absolute atomic E-state index is 0.0470. The van der Waals surface area contributed by atoms with Crippen molar-refractivity contribution in [3.05, 3.63) is 64.7 Å². The van der Waals surface area contributed by atoms with Crippen molar-refractivity contribution in [3.63, 3.8) is 0 Å². The van der Waals surface area contributed by atoms with Gasteiger partial charge >= 0.3 is 5.97 Å². The molecule has 146 valence electrons. The van der Waals surface area contributed by atoms with Crippen molar-refractivity contribution < 1.29 is 19.5 Å². The molecule has 6 heteroatoms. The highest BCUT2D eigenvalue weighted by atomic mass is 16.4.